The van der Waals surface area contributed by atoms with E-state index in [1.165, 1.54) is 12.1 Å². The summed E-state index contributed by atoms with van der Waals surface area (Å²) in [6.07, 6.45) is 4.51. The summed E-state index contributed by atoms with van der Waals surface area (Å²) >= 11 is 0. The van der Waals surface area contributed by atoms with Crippen molar-refractivity contribution in [1.29, 1.82) is 0 Å². The number of benzene rings is 2. The molecule has 0 amide bonds. The molecule has 3 rings (SSSR count). The zero-order chi connectivity index (χ0) is 24.6. The highest BCUT2D eigenvalue weighted by molar-refractivity contribution is 5.71. The van der Waals surface area contributed by atoms with Crippen molar-refractivity contribution in [3.8, 4) is 11.5 Å². The highest BCUT2D eigenvalue weighted by Gasteiger charge is 2.29. The van der Waals surface area contributed by atoms with E-state index in [0.29, 0.717) is 24.7 Å². The fourth-order valence-electron chi connectivity index (χ4n) is 4.01. The van der Waals surface area contributed by atoms with Crippen molar-refractivity contribution in [2.75, 3.05) is 20.3 Å². The molecule has 0 aliphatic heterocycles. The second-order valence-corrected chi connectivity index (χ2v) is 8.45. The van der Waals surface area contributed by atoms with Crippen LogP contribution in [0.2, 0.25) is 0 Å². The Morgan fingerprint density at radius 2 is 1.82 bits per heavy atom. The molecule has 0 aromatic heterocycles. The first-order valence-corrected chi connectivity index (χ1v) is 11.6. The average Bonchev–Trinajstić information content (AvgIpc) is 3.35. The van der Waals surface area contributed by atoms with Crippen LogP contribution in [-0.4, -0.2) is 37.3 Å². The van der Waals surface area contributed by atoms with E-state index in [-0.39, 0.29) is 24.3 Å². The van der Waals surface area contributed by atoms with Crippen LogP contribution in [0, 0.1) is 10.1 Å². The van der Waals surface area contributed by atoms with E-state index in [4.69, 9.17) is 14.2 Å². The Morgan fingerprint density at radius 1 is 1.12 bits per heavy atom. The number of rotatable bonds is 12. The van der Waals surface area contributed by atoms with Crippen molar-refractivity contribution in [3.63, 3.8) is 0 Å². The van der Waals surface area contributed by atoms with E-state index >= 15 is 0 Å². The first kappa shape index (κ1) is 25.5. The summed E-state index contributed by atoms with van der Waals surface area (Å²) < 4.78 is 16.9. The van der Waals surface area contributed by atoms with Crippen LogP contribution in [0.25, 0.3) is 0 Å². The van der Waals surface area contributed by atoms with Crippen molar-refractivity contribution in [3.05, 3.63) is 63.7 Å². The van der Waals surface area contributed by atoms with Gasteiger partial charge in [0.15, 0.2) is 11.5 Å². The Hall–Kier alpha value is -3.17. The molecule has 0 heterocycles. The normalized spacial score (nSPS) is 15.5. The van der Waals surface area contributed by atoms with Gasteiger partial charge in [-0.15, -0.1) is 0 Å². The summed E-state index contributed by atoms with van der Waals surface area (Å²) in [4.78, 5) is 22.6. The molecule has 0 bridgehead atoms. The van der Waals surface area contributed by atoms with Crippen molar-refractivity contribution < 1.29 is 23.9 Å². The Kier molecular flexibility index (Phi) is 8.84. The third kappa shape index (κ3) is 6.68. The molecule has 2 aromatic carbocycles. The van der Waals surface area contributed by atoms with E-state index in [9.17, 15) is 14.9 Å². The number of carbonyl (C=O) groups is 1. The number of nitro groups is 1. The molecule has 2 N–H and O–H groups in total. The second kappa shape index (κ2) is 11.8. The molecule has 1 atom stereocenters. The van der Waals surface area contributed by atoms with E-state index in [0.717, 1.165) is 36.8 Å². The second-order valence-electron chi connectivity index (χ2n) is 8.45. The first-order chi connectivity index (χ1) is 16.3. The highest BCUT2D eigenvalue weighted by Crippen LogP contribution is 2.35. The number of non-ortho nitro benzene ring substituents is 1. The molecule has 1 fully saturated rings. The number of ether oxygens (including phenoxy) is 3. The van der Waals surface area contributed by atoms with Crippen molar-refractivity contribution in [2.24, 2.45) is 0 Å². The van der Waals surface area contributed by atoms with Crippen LogP contribution in [-0.2, 0) is 21.7 Å². The van der Waals surface area contributed by atoms with Crippen LogP contribution < -0.4 is 20.1 Å². The standard InChI is InChI=1S/C25H33N3O6/c1-4-33-24(29)17-27-25(2,26-16-18-9-12-20(13-10-18)28(30)31)19-11-14-22(32-3)23(15-19)34-21-7-5-6-8-21/h9-15,21,26-27H,4-8,16-17H2,1-3H3. The van der Waals surface area contributed by atoms with Gasteiger partial charge in [0.1, 0.15) is 0 Å². The van der Waals surface area contributed by atoms with Crippen LogP contribution >= 0.6 is 0 Å². The van der Waals surface area contributed by atoms with Crippen LogP contribution in [0.5, 0.6) is 11.5 Å². The van der Waals surface area contributed by atoms with Crippen molar-refractivity contribution >= 4 is 11.7 Å². The summed E-state index contributed by atoms with van der Waals surface area (Å²) in [6.45, 7) is 4.41. The molecule has 2 aromatic rings. The van der Waals surface area contributed by atoms with Crippen molar-refractivity contribution in [2.45, 2.75) is 57.8 Å². The lowest BCUT2D eigenvalue weighted by Crippen LogP contribution is -2.53. The number of nitrogens with zero attached hydrogens (tertiary/aromatic N) is 1. The molecule has 9 nitrogen and oxygen atoms in total. The van der Waals surface area contributed by atoms with Crippen LogP contribution in [0.4, 0.5) is 5.69 Å². The number of methoxy groups -OCH3 is 1. The number of esters is 1. The fourth-order valence-corrected chi connectivity index (χ4v) is 4.01. The minimum Gasteiger partial charge on any atom is -0.493 e. The maximum absolute atomic E-state index is 12.1. The van der Waals surface area contributed by atoms with Crippen LogP contribution in [0.3, 0.4) is 0 Å². The predicted octanol–water partition coefficient (Wildman–Crippen LogP) is 4.04. The van der Waals surface area contributed by atoms with Gasteiger partial charge in [0.2, 0.25) is 0 Å². The summed E-state index contributed by atoms with van der Waals surface area (Å²) in [6, 6.07) is 12.1. The molecule has 1 saturated carbocycles. The van der Waals surface area contributed by atoms with Gasteiger partial charge in [-0.25, -0.2) is 0 Å². The minimum atomic E-state index is -0.825. The Morgan fingerprint density at radius 3 is 2.44 bits per heavy atom. The Bertz CT molecular complexity index is 975. The van der Waals surface area contributed by atoms with Gasteiger partial charge in [0.25, 0.3) is 5.69 Å². The smallest absolute Gasteiger partial charge is 0.319 e. The quantitative estimate of drug-likeness (QED) is 0.206. The van der Waals surface area contributed by atoms with Gasteiger partial charge in [-0.3, -0.25) is 25.5 Å². The highest BCUT2D eigenvalue weighted by atomic mass is 16.6. The molecular formula is C25H33N3O6. The zero-order valence-corrected chi connectivity index (χ0v) is 20.0. The number of carbonyl (C=O) groups excluding carboxylic acids is 1. The van der Waals surface area contributed by atoms with E-state index in [2.05, 4.69) is 10.6 Å². The van der Waals surface area contributed by atoms with E-state index in [1.54, 1.807) is 26.2 Å². The topological polar surface area (TPSA) is 112 Å². The van der Waals surface area contributed by atoms with Gasteiger partial charge >= 0.3 is 5.97 Å². The zero-order valence-electron chi connectivity index (χ0n) is 20.0. The summed E-state index contributed by atoms with van der Waals surface area (Å²) in [7, 11) is 1.61. The number of hydrogen-bond acceptors (Lipinski definition) is 8. The molecule has 184 valence electrons. The molecule has 0 spiro atoms. The average molecular weight is 472 g/mol. The maximum atomic E-state index is 12.1. The lowest BCUT2D eigenvalue weighted by Gasteiger charge is -2.33. The molecule has 34 heavy (non-hydrogen) atoms. The van der Waals surface area contributed by atoms with Gasteiger partial charge in [-0.05, 0) is 62.8 Å². The minimum absolute atomic E-state index is 0.00243. The Balaban J connectivity index is 1.84. The first-order valence-electron chi connectivity index (χ1n) is 11.6. The predicted molar refractivity (Wildman–Crippen MR) is 128 cm³/mol. The molecule has 0 radical (unpaired) electrons. The Labute approximate surface area is 199 Å². The number of nitro benzene ring substituents is 1. The molecule has 0 saturated heterocycles. The lowest BCUT2D eigenvalue weighted by molar-refractivity contribution is -0.384. The van der Waals surface area contributed by atoms with Crippen molar-refractivity contribution in [1.82, 2.24) is 10.6 Å². The maximum Gasteiger partial charge on any atom is 0.319 e. The molecule has 1 aliphatic carbocycles. The van der Waals surface area contributed by atoms with E-state index < -0.39 is 10.6 Å². The van der Waals surface area contributed by atoms with Gasteiger partial charge < -0.3 is 14.2 Å². The monoisotopic (exact) mass is 471 g/mol. The SMILES string of the molecule is CCOC(=O)CNC(C)(NCc1ccc([N+](=O)[O-])cc1)c1ccc(OC)c(OC2CCCC2)c1. The van der Waals surface area contributed by atoms with Gasteiger partial charge in [-0.2, -0.15) is 0 Å². The summed E-state index contributed by atoms with van der Waals surface area (Å²) in [5.41, 5.74) is 0.934. The summed E-state index contributed by atoms with van der Waals surface area (Å²) in [5, 5.41) is 17.7. The van der Waals surface area contributed by atoms with Gasteiger partial charge in [-0.1, -0.05) is 18.2 Å². The van der Waals surface area contributed by atoms with E-state index in [1.807, 2.05) is 25.1 Å². The molecule has 1 aliphatic rings. The fraction of sp³-hybridized carbons (Fsp3) is 0.480. The molecule has 9 heteroatoms. The third-order valence-electron chi connectivity index (χ3n) is 6.02. The van der Waals surface area contributed by atoms with Gasteiger partial charge in [0.05, 0.1) is 37.0 Å². The summed E-state index contributed by atoms with van der Waals surface area (Å²) in [5.74, 6) is 0.953. The van der Waals surface area contributed by atoms with Crippen LogP contribution in [0.1, 0.15) is 50.7 Å². The van der Waals surface area contributed by atoms with Crippen LogP contribution in [0.15, 0.2) is 42.5 Å². The largest absolute Gasteiger partial charge is 0.493 e. The number of hydrogen-bond donors (Lipinski definition) is 2. The molecular weight excluding hydrogens is 438 g/mol. The van der Waals surface area contributed by atoms with Gasteiger partial charge in [0, 0.05) is 18.7 Å². The number of nitrogens with one attached hydrogen (secondary N) is 2. The third-order valence-corrected chi connectivity index (χ3v) is 6.02. The lowest BCUT2D eigenvalue weighted by atomic mass is 9.99. The molecule has 1 unspecified atom stereocenters.